The van der Waals surface area contributed by atoms with Gasteiger partial charge < -0.3 is 20.0 Å². The van der Waals surface area contributed by atoms with Crippen LogP contribution in [0.15, 0.2) is 42.5 Å². The molecule has 0 fully saturated rings. The lowest BCUT2D eigenvalue weighted by Crippen LogP contribution is -2.11. The molecule has 5 nitrogen and oxygen atoms in total. The smallest absolute Gasteiger partial charge is 0.356 e. The second kappa shape index (κ2) is 6.31. The largest absolute Gasteiger partial charge is 0.508 e. The van der Waals surface area contributed by atoms with Crippen molar-refractivity contribution < 1.29 is 24.6 Å². The number of benzene rings is 2. The Morgan fingerprint density at radius 2 is 1.48 bits per heavy atom. The Labute approximate surface area is 122 Å². The van der Waals surface area contributed by atoms with E-state index in [1.54, 1.807) is 18.2 Å². The predicted octanol–water partition coefficient (Wildman–Crippen LogP) is 2.08. The Bertz CT molecular complexity index is 660. The van der Waals surface area contributed by atoms with Gasteiger partial charge in [-0.3, -0.25) is 4.57 Å². The third-order valence-corrected chi connectivity index (χ3v) is 4.27. The minimum Gasteiger partial charge on any atom is -0.508 e. The van der Waals surface area contributed by atoms with E-state index in [1.807, 2.05) is 12.1 Å². The van der Waals surface area contributed by atoms with Crippen molar-refractivity contribution in [1.29, 1.82) is 0 Å². The summed E-state index contributed by atoms with van der Waals surface area (Å²) in [5.41, 5.74) is 1.59. The number of aromatic hydroxyl groups is 2. The van der Waals surface area contributed by atoms with Gasteiger partial charge in [0.15, 0.2) is 0 Å². The summed E-state index contributed by atoms with van der Waals surface area (Å²) in [4.78, 5) is 18.6. The molecule has 0 spiro atoms. The van der Waals surface area contributed by atoms with Crippen molar-refractivity contribution in [2.45, 2.75) is 19.3 Å². The second-order valence-corrected chi connectivity index (χ2v) is 6.45. The van der Waals surface area contributed by atoms with Crippen LogP contribution >= 0.6 is 7.60 Å². The molecule has 0 heterocycles. The Morgan fingerprint density at radius 1 is 0.857 bits per heavy atom. The predicted molar refractivity (Wildman–Crippen MR) is 79.9 cm³/mol. The fourth-order valence-corrected chi connectivity index (χ4v) is 3.04. The first-order valence-corrected chi connectivity index (χ1v) is 8.13. The van der Waals surface area contributed by atoms with Crippen LogP contribution in [-0.2, 0) is 17.4 Å². The summed E-state index contributed by atoms with van der Waals surface area (Å²) in [5.74, 6) is 0.0525. The molecule has 0 unspecified atom stereocenters. The van der Waals surface area contributed by atoms with Crippen molar-refractivity contribution in [1.82, 2.24) is 0 Å². The molecule has 0 saturated carbocycles. The van der Waals surface area contributed by atoms with Gasteiger partial charge in [0.2, 0.25) is 0 Å². The highest BCUT2D eigenvalue weighted by Crippen LogP contribution is 2.36. The third-order valence-electron chi connectivity index (χ3n) is 3.23. The van der Waals surface area contributed by atoms with Gasteiger partial charge in [-0.2, -0.15) is 0 Å². The molecule has 0 atom stereocenters. The average Bonchev–Trinajstić information content (AvgIpc) is 2.41. The van der Waals surface area contributed by atoms with Gasteiger partial charge in [0.05, 0.1) is 5.30 Å². The van der Waals surface area contributed by atoms with Crippen LogP contribution in [0.1, 0.15) is 17.5 Å². The van der Waals surface area contributed by atoms with Crippen molar-refractivity contribution in [2.24, 2.45) is 0 Å². The first-order chi connectivity index (χ1) is 9.86. The highest BCUT2D eigenvalue weighted by Gasteiger charge is 2.21. The lowest BCUT2D eigenvalue weighted by Gasteiger charge is -2.11. The molecule has 2 aromatic carbocycles. The van der Waals surface area contributed by atoms with Gasteiger partial charge in [0, 0.05) is 0 Å². The summed E-state index contributed by atoms with van der Waals surface area (Å²) in [7, 11) is -4.39. The van der Waals surface area contributed by atoms with Crippen molar-refractivity contribution >= 4 is 12.9 Å². The molecule has 4 N–H and O–H groups in total. The van der Waals surface area contributed by atoms with Crippen molar-refractivity contribution in [2.75, 3.05) is 0 Å². The summed E-state index contributed by atoms with van der Waals surface area (Å²) in [5, 5.41) is 18.4. The van der Waals surface area contributed by atoms with Gasteiger partial charge in [-0.1, -0.05) is 18.2 Å². The van der Waals surface area contributed by atoms with Crippen molar-refractivity contribution in [3.8, 4) is 11.5 Å². The molecular weight excluding hydrogens is 291 g/mol. The fraction of sp³-hybridized carbons (Fsp3) is 0.200. The maximum Gasteiger partial charge on any atom is 0.356 e. The van der Waals surface area contributed by atoms with E-state index in [-0.39, 0.29) is 16.8 Å². The quantitative estimate of drug-likeness (QED) is 0.634. The lowest BCUT2D eigenvalue weighted by atomic mass is 10.0. The molecule has 0 radical (unpaired) electrons. The van der Waals surface area contributed by atoms with E-state index < -0.39 is 7.60 Å². The Kier molecular flexibility index (Phi) is 4.68. The number of hydrogen-bond donors (Lipinski definition) is 4. The Hall–Kier alpha value is -1.81. The van der Waals surface area contributed by atoms with Crippen molar-refractivity contribution in [3.63, 3.8) is 0 Å². The number of phenols is 2. The molecule has 0 bridgehead atoms. The number of phenolic OH excluding ortho intramolecular Hbond substituents is 2. The fourth-order valence-electron chi connectivity index (χ4n) is 2.18. The topological polar surface area (TPSA) is 98.0 Å². The number of aryl methyl sites for hydroxylation is 2. The molecule has 0 aromatic heterocycles. The first kappa shape index (κ1) is 15.6. The average molecular weight is 308 g/mol. The van der Waals surface area contributed by atoms with E-state index in [4.69, 9.17) is 0 Å². The standard InChI is InChI=1S/C15H17O5P/c16-13-7-4-11(5-8-13)2-1-3-12-6-9-14(17)10-15(12)21(18,19)20/h4-10,16-17H,1-3H2,(H2,18,19,20). The van der Waals surface area contributed by atoms with E-state index in [0.29, 0.717) is 18.4 Å². The van der Waals surface area contributed by atoms with E-state index >= 15 is 0 Å². The van der Waals surface area contributed by atoms with Crippen molar-refractivity contribution in [3.05, 3.63) is 53.6 Å². The van der Waals surface area contributed by atoms with E-state index in [9.17, 15) is 24.6 Å². The molecule has 21 heavy (non-hydrogen) atoms. The molecular formula is C15H17O5P. The van der Waals surface area contributed by atoms with Crippen LogP contribution in [0, 0.1) is 0 Å². The zero-order valence-corrected chi connectivity index (χ0v) is 12.2. The summed E-state index contributed by atoms with van der Waals surface area (Å²) in [6.45, 7) is 0. The van der Waals surface area contributed by atoms with Crippen LogP contribution in [0.2, 0.25) is 0 Å². The van der Waals surface area contributed by atoms with Crippen LogP contribution in [0.3, 0.4) is 0 Å². The Balaban J connectivity index is 2.06. The summed E-state index contributed by atoms with van der Waals surface area (Å²) in [6, 6.07) is 10.9. The maximum absolute atomic E-state index is 11.4. The van der Waals surface area contributed by atoms with Gasteiger partial charge in [0.1, 0.15) is 11.5 Å². The molecule has 0 aliphatic rings. The van der Waals surface area contributed by atoms with Crippen LogP contribution in [-0.4, -0.2) is 20.0 Å². The molecule has 0 saturated heterocycles. The van der Waals surface area contributed by atoms with Crippen LogP contribution < -0.4 is 5.30 Å². The lowest BCUT2D eigenvalue weighted by molar-refractivity contribution is 0.386. The van der Waals surface area contributed by atoms with Gasteiger partial charge >= 0.3 is 7.60 Å². The zero-order valence-electron chi connectivity index (χ0n) is 11.3. The van der Waals surface area contributed by atoms with Gasteiger partial charge in [0.25, 0.3) is 0 Å². The van der Waals surface area contributed by atoms with Gasteiger partial charge in [-0.15, -0.1) is 0 Å². The molecule has 6 heteroatoms. The highest BCUT2D eigenvalue weighted by atomic mass is 31.2. The van der Waals surface area contributed by atoms with E-state index in [1.165, 1.54) is 6.07 Å². The van der Waals surface area contributed by atoms with Gasteiger partial charge in [-0.05, 0) is 54.7 Å². The first-order valence-electron chi connectivity index (χ1n) is 6.52. The minimum absolute atomic E-state index is 0.117. The molecule has 0 amide bonds. The summed E-state index contributed by atoms with van der Waals surface area (Å²) >= 11 is 0. The summed E-state index contributed by atoms with van der Waals surface area (Å²) in [6.07, 6.45) is 1.95. The highest BCUT2D eigenvalue weighted by molar-refractivity contribution is 7.60. The molecule has 112 valence electrons. The second-order valence-electron chi connectivity index (χ2n) is 4.88. The molecule has 0 aliphatic carbocycles. The van der Waals surface area contributed by atoms with Crippen LogP contribution in [0.4, 0.5) is 0 Å². The molecule has 2 rings (SSSR count). The molecule has 2 aromatic rings. The molecule has 0 aliphatic heterocycles. The number of rotatable bonds is 5. The monoisotopic (exact) mass is 308 g/mol. The van der Waals surface area contributed by atoms with Gasteiger partial charge in [-0.25, -0.2) is 0 Å². The third kappa shape index (κ3) is 4.33. The summed E-state index contributed by atoms with van der Waals surface area (Å²) < 4.78 is 11.4. The van der Waals surface area contributed by atoms with Crippen LogP contribution in [0.5, 0.6) is 11.5 Å². The maximum atomic E-state index is 11.4. The minimum atomic E-state index is -4.39. The SMILES string of the molecule is O=P(O)(O)c1cc(O)ccc1CCCc1ccc(O)cc1. The van der Waals surface area contributed by atoms with E-state index in [2.05, 4.69) is 0 Å². The number of hydrogen-bond acceptors (Lipinski definition) is 3. The van der Waals surface area contributed by atoms with E-state index in [0.717, 1.165) is 18.1 Å². The normalized spacial score (nSPS) is 11.5. The zero-order chi connectivity index (χ0) is 15.5. The Morgan fingerprint density at radius 3 is 2.10 bits per heavy atom. The van der Waals surface area contributed by atoms with Crippen LogP contribution in [0.25, 0.3) is 0 Å².